The van der Waals surface area contributed by atoms with Crippen LogP contribution in [0.1, 0.15) is 27.9 Å². The molecule has 1 atom stereocenters. The molecule has 6 nitrogen and oxygen atoms in total. The van der Waals surface area contributed by atoms with Crippen molar-refractivity contribution in [2.45, 2.75) is 25.6 Å². The third-order valence-electron chi connectivity index (χ3n) is 5.63. The van der Waals surface area contributed by atoms with E-state index in [-0.39, 0.29) is 17.6 Å². The van der Waals surface area contributed by atoms with Crippen LogP contribution < -0.4 is 4.74 Å². The number of hydrogen-bond donors (Lipinski definition) is 0. The molecule has 2 amide bonds. The minimum atomic E-state index is -0.571. The summed E-state index contributed by atoms with van der Waals surface area (Å²) in [6.07, 6.45) is 3.67. The van der Waals surface area contributed by atoms with E-state index in [1.807, 2.05) is 24.3 Å². The van der Waals surface area contributed by atoms with Gasteiger partial charge >= 0.3 is 0 Å². The van der Waals surface area contributed by atoms with Crippen LogP contribution in [0.5, 0.6) is 5.75 Å². The number of benzene rings is 2. The highest BCUT2D eigenvalue weighted by Crippen LogP contribution is 2.24. The zero-order chi connectivity index (χ0) is 22.5. The summed E-state index contributed by atoms with van der Waals surface area (Å²) >= 11 is 0. The quantitative estimate of drug-likeness (QED) is 0.570. The average Bonchev–Trinajstić information content (AvgIpc) is 3.19. The Morgan fingerprint density at radius 3 is 2.38 bits per heavy atom. The van der Waals surface area contributed by atoms with Crippen LogP contribution in [0.2, 0.25) is 0 Å². The van der Waals surface area contributed by atoms with Gasteiger partial charge in [0.2, 0.25) is 5.91 Å². The molecule has 0 saturated carbocycles. The number of ether oxygens (including phenoxy) is 1. The van der Waals surface area contributed by atoms with E-state index in [1.165, 1.54) is 12.1 Å². The topological polar surface area (TPSA) is 62.7 Å². The minimum Gasteiger partial charge on any atom is -0.497 e. The van der Waals surface area contributed by atoms with Gasteiger partial charge in [-0.25, -0.2) is 4.39 Å². The molecule has 2 heterocycles. The first-order valence-corrected chi connectivity index (χ1v) is 10.4. The first kappa shape index (κ1) is 21.5. The molecule has 0 N–H and O–H groups in total. The number of rotatable bonds is 7. The molecule has 3 aromatic rings. The van der Waals surface area contributed by atoms with Crippen molar-refractivity contribution >= 4 is 11.8 Å². The number of methoxy groups -OCH3 is 1. The fraction of sp³-hybridized carbons (Fsp3) is 0.240. The first-order valence-electron chi connectivity index (χ1n) is 10.4. The Morgan fingerprint density at radius 2 is 1.72 bits per heavy atom. The molecule has 1 aromatic heterocycles. The number of carbonyl (C=O) groups excluding carboxylic acids is 2. The predicted molar refractivity (Wildman–Crippen MR) is 117 cm³/mol. The number of halogens is 1. The molecule has 32 heavy (non-hydrogen) atoms. The number of pyridine rings is 1. The van der Waals surface area contributed by atoms with Crippen LogP contribution in [-0.4, -0.2) is 46.3 Å². The lowest BCUT2D eigenvalue weighted by Gasteiger charge is -2.28. The summed E-state index contributed by atoms with van der Waals surface area (Å²) in [5, 5.41) is 0. The van der Waals surface area contributed by atoms with Gasteiger partial charge in [0.1, 0.15) is 17.6 Å². The van der Waals surface area contributed by atoms with Crippen molar-refractivity contribution in [1.82, 2.24) is 14.8 Å². The van der Waals surface area contributed by atoms with Crippen molar-refractivity contribution in [2.75, 3.05) is 13.7 Å². The third-order valence-corrected chi connectivity index (χ3v) is 5.63. The molecule has 1 fully saturated rings. The van der Waals surface area contributed by atoms with Gasteiger partial charge in [-0.1, -0.05) is 24.3 Å². The maximum Gasteiger partial charge on any atom is 0.254 e. The molecule has 4 rings (SSSR count). The van der Waals surface area contributed by atoms with Gasteiger partial charge in [-0.05, 0) is 53.9 Å². The number of likely N-dealkylation sites (tertiary alicyclic amines) is 1. The molecule has 1 aliphatic rings. The smallest absolute Gasteiger partial charge is 0.254 e. The summed E-state index contributed by atoms with van der Waals surface area (Å²) < 4.78 is 18.4. The third kappa shape index (κ3) is 4.77. The molecular weight excluding hydrogens is 409 g/mol. The summed E-state index contributed by atoms with van der Waals surface area (Å²) in [5.41, 5.74) is 2.24. The normalized spacial score (nSPS) is 15.6. The standard InChI is InChI=1S/C25H24FN3O3/c1-32-22-8-4-19(5-9-22)17-29(24(30)20-10-13-27-14-11-20)23-12-15-28(25(23)31)16-18-2-6-21(26)7-3-18/h2-11,13-14,23H,12,15-17H2,1H3/t23-/m1/s1. The lowest BCUT2D eigenvalue weighted by Crippen LogP contribution is -2.44. The molecule has 2 aromatic carbocycles. The lowest BCUT2D eigenvalue weighted by atomic mass is 10.1. The fourth-order valence-corrected chi connectivity index (χ4v) is 3.89. The predicted octanol–water partition coefficient (Wildman–Crippen LogP) is 3.67. The maximum absolute atomic E-state index is 13.4. The Labute approximate surface area is 186 Å². The van der Waals surface area contributed by atoms with Crippen LogP contribution in [0.25, 0.3) is 0 Å². The summed E-state index contributed by atoms with van der Waals surface area (Å²) in [6, 6.07) is 16.3. The number of nitrogens with zero attached hydrogens (tertiary/aromatic N) is 3. The Kier molecular flexibility index (Phi) is 6.44. The van der Waals surface area contributed by atoms with Crippen LogP contribution in [0.3, 0.4) is 0 Å². The van der Waals surface area contributed by atoms with Gasteiger partial charge in [0, 0.05) is 37.6 Å². The minimum absolute atomic E-state index is 0.106. The van der Waals surface area contributed by atoms with Crippen LogP contribution in [0.15, 0.2) is 73.1 Å². The second kappa shape index (κ2) is 9.60. The monoisotopic (exact) mass is 433 g/mol. The Morgan fingerprint density at radius 1 is 1.06 bits per heavy atom. The fourth-order valence-electron chi connectivity index (χ4n) is 3.89. The summed E-state index contributed by atoms with van der Waals surface area (Å²) in [7, 11) is 1.60. The summed E-state index contributed by atoms with van der Waals surface area (Å²) in [5.74, 6) is 0.0895. The highest BCUT2D eigenvalue weighted by molar-refractivity contribution is 5.98. The summed E-state index contributed by atoms with van der Waals surface area (Å²) in [6.45, 7) is 1.21. The van der Waals surface area contributed by atoms with E-state index in [9.17, 15) is 14.0 Å². The van der Waals surface area contributed by atoms with Crippen molar-refractivity contribution < 1.29 is 18.7 Å². The Bertz CT molecular complexity index is 1070. The first-order chi connectivity index (χ1) is 15.5. The number of carbonyl (C=O) groups is 2. The molecule has 0 aliphatic carbocycles. The van der Waals surface area contributed by atoms with Crippen LogP contribution in [0, 0.1) is 5.82 Å². The molecule has 0 spiro atoms. The van der Waals surface area contributed by atoms with E-state index in [0.29, 0.717) is 31.6 Å². The largest absolute Gasteiger partial charge is 0.497 e. The molecule has 0 bridgehead atoms. The van der Waals surface area contributed by atoms with Gasteiger partial charge in [-0.15, -0.1) is 0 Å². The molecule has 1 saturated heterocycles. The van der Waals surface area contributed by atoms with Gasteiger partial charge in [0.15, 0.2) is 0 Å². The van der Waals surface area contributed by atoms with Gasteiger partial charge in [0.25, 0.3) is 5.91 Å². The van der Waals surface area contributed by atoms with Crippen LogP contribution in [0.4, 0.5) is 4.39 Å². The summed E-state index contributed by atoms with van der Waals surface area (Å²) in [4.78, 5) is 34.0. The number of amides is 2. The highest BCUT2D eigenvalue weighted by Gasteiger charge is 2.38. The number of aromatic nitrogens is 1. The SMILES string of the molecule is COc1ccc(CN(C(=O)c2ccncc2)[C@@H]2CCN(Cc3ccc(F)cc3)C2=O)cc1. The highest BCUT2D eigenvalue weighted by atomic mass is 19.1. The average molecular weight is 433 g/mol. The van der Waals surface area contributed by atoms with E-state index in [2.05, 4.69) is 4.98 Å². The Balaban J connectivity index is 1.56. The van der Waals surface area contributed by atoms with E-state index < -0.39 is 6.04 Å². The Hall–Kier alpha value is -3.74. The van der Waals surface area contributed by atoms with Gasteiger partial charge in [-0.2, -0.15) is 0 Å². The van der Waals surface area contributed by atoms with Crippen molar-refractivity contribution in [3.05, 3.63) is 95.6 Å². The van der Waals surface area contributed by atoms with E-state index in [0.717, 1.165) is 16.9 Å². The van der Waals surface area contributed by atoms with Crippen molar-refractivity contribution in [3.8, 4) is 5.75 Å². The molecule has 1 aliphatic heterocycles. The van der Waals surface area contributed by atoms with Gasteiger partial charge in [-0.3, -0.25) is 14.6 Å². The van der Waals surface area contributed by atoms with E-state index >= 15 is 0 Å². The van der Waals surface area contributed by atoms with Crippen LogP contribution in [-0.2, 0) is 17.9 Å². The van der Waals surface area contributed by atoms with Crippen molar-refractivity contribution in [1.29, 1.82) is 0 Å². The molecule has 0 unspecified atom stereocenters. The zero-order valence-corrected chi connectivity index (χ0v) is 17.8. The molecular formula is C25H24FN3O3. The van der Waals surface area contributed by atoms with Crippen LogP contribution >= 0.6 is 0 Å². The van der Waals surface area contributed by atoms with Gasteiger partial charge in [0.05, 0.1) is 7.11 Å². The second-order valence-electron chi connectivity index (χ2n) is 7.71. The molecule has 0 radical (unpaired) electrons. The second-order valence-corrected chi connectivity index (χ2v) is 7.71. The maximum atomic E-state index is 13.4. The van der Waals surface area contributed by atoms with Crippen molar-refractivity contribution in [3.63, 3.8) is 0 Å². The number of hydrogen-bond acceptors (Lipinski definition) is 4. The van der Waals surface area contributed by atoms with Gasteiger partial charge < -0.3 is 14.5 Å². The lowest BCUT2D eigenvalue weighted by molar-refractivity contribution is -0.132. The molecule has 7 heteroatoms. The van der Waals surface area contributed by atoms with E-state index in [4.69, 9.17) is 4.74 Å². The van der Waals surface area contributed by atoms with E-state index in [1.54, 1.807) is 53.6 Å². The van der Waals surface area contributed by atoms with Crippen molar-refractivity contribution in [2.24, 2.45) is 0 Å². The molecule has 164 valence electrons. The zero-order valence-electron chi connectivity index (χ0n) is 17.8.